The van der Waals surface area contributed by atoms with Crippen LogP contribution in [0.5, 0.6) is 0 Å². The van der Waals surface area contributed by atoms with E-state index in [1.54, 1.807) is 6.92 Å². The molecular weight excluding hydrogens is 308 g/mol. The van der Waals surface area contributed by atoms with E-state index in [0.717, 1.165) is 25.7 Å². The van der Waals surface area contributed by atoms with Crippen LogP contribution in [0.25, 0.3) is 0 Å². The third-order valence-electron chi connectivity index (χ3n) is 4.05. The number of unbranched alkanes of at least 4 members (excludes halogenated alkanes) is 2. The Kier molecular flexibility index (Phi) is 7.68. The fourth-order valence-corrected chi connectivity index (χ4v) is 2.78. The zero-order valence-corrected chi connectivity index (χ0v) is 15.2. The number of aromatic amines is 1. The maximum absolute atomic E-state index is 12.2. The lowest BCUT2D eigenvalue weighted by Crippen LogP contribution is -2.34. The number of aromatic nitrogens is 1. The van der Waals surface area contributed by atoms with Gasteiger partial charge in [0.2, 0.25) is 5.91 Å². The molecule has 0 saturated carbocycles. The molecule has 134 valence electrons. The largest absolute Gasteiger partial charge is 0.465 e. The van der Waals surface area contributed by atoms with Crippen molar-refractivity contribution in [2.45, 2.75) is 65.8 Å². The van der Waals surface area contributed by atoms with Gasteiger partial charge in [-0.1, -0.05) is 26.2 Å². The lowest BCUT2D eigenvalue weighted by atomic mass is 10.1. The Morgan fingerprint density at radius 2 is 1.92 bits per heavy atom. The molecule has 6 heteroatoms. The Bertz CT molecular complexity index is 604. The highest BCUT2D eigenvalue weighted by Crippen LogP contribution is 2.20. The Balaban J connectivity index is 2.86. The minimum Gasteiger partial charge on any atom is -0.465 e. The van der Waals surface area contributed by atoms with E-state index in [9.17, 15) is 14.4 Å². The Morgan fingerprint density at radius 3 is 2.46 bits per heavy atom. The molecule has 1 unspecified atom stereocenters. The van der Waals surface area contributed by atoms with Gasteiger partial charge in [0.1, 0.15) is 0 Å². The second kappa shape index (κ2) is 9.25. The van der Waals surface area contributed by atoms with Crippen LogP contribution < -0.4 is 5.32 Å². The third-order valence-corrected chi connectivity index (χ3v) is 4.05. The molecular formula is C18H28N2O4. The molecule has 1 atom stereocenters. The summed E-state index contributed by atoms with van der Waals surface area (Å²) in [7, 11) is 1.28. The molecule has 0 radical (unpaired) electrons. The van der Waals surface area contributed by atoms with Crippen molar-refractivity contribution in [1.82, 2.24) is 10.3 Å². The van der Waals surface area contributed by atoms with Crippen LogP contribution in [0.15, 0.2) is 0 Å². The van der Waals surface area contributed by atoms with E-state index in [-0.39, 0.29) is 29.7 Å². The standard InChI is InChI=1S/C18H28N2O4/c1-6-7-8-9-11(2)19-15(22)10-14-16(18(23)24-5)12(3)17(20-14)13(4)21/h11,20H,6-10H2,1-5H3,(H,19,22). The maximum Gasteiger partial charge on any atom is 0.339 e. The maximum atomic E-state index is 12.2. The summed E-state index contributed by atoms with van der Waals surface area (Å²) in [6, 6.07) is 0.0777. The number of carbonyl (C=O) groups is 3. The van der Waals surface area contributed by atoms with Crippen LogP contribution in [0.1, 0.15) is 78.6 Å². The summed E-state index contributed by atoms with van der Waals surface area (Å²) in [5, 5.41) is 2.93. The Hall–Kier alpha value is -2.11. The average molecular weight is 336 g/mol. The van der Waals surface area contributed by atoms with Crippen LogP contribution in [0, 0.1) is 6.92 Å². The minimum atomic E-state index is -0.546. The second-order valence-electron chi connectivity index (χ2n) is 6.17. The first-order valence-electron chi connectivity index (χ1n) is 8.41. The van der Waals surface area contributed by atoms with E-state index in [1.807, 2.05) is 6.92 Å². The summed E-state index contributed by atoms with van der Waals surface area (Å²) in [6.07, 6.45) is 4.28. The smallest absolute Gasteiger partial charge is 0.339 e. The van der Waals surface area contributed by atoms with E-state index < -0.39 is 5.97 Å². The number of nitrogens with one attached hydrogen (secondary N) is 2. The van der Waals surface area contributed by atoms with Crippen molar-refractivity contribution in [3.05, 3.63) is 22.5 Å². The fraction of sp³-hybridized carbons (Fsp3) is 0.611. The molecule has 0 bridgehead atoms. The van der Waals surface area contributed by atoms with Crippen molar-refractivity contribution in [2.75, 3.05) is 7.11 Å². The van der Waals surface area contributed by atoms with E-state index >= 15 is 0 Å². The molecule has 0 fully saturated rings. The SMILES string of the molecule is CCCCCC(C)NC(=O)Cc1[nH]c(C(C)=O)c(C)c1C(=O)OC. The van der Waals surface area contributed by atoms with Crippen LogP contribution in [0.4, 0.5) is 0 Å². The normalized spacial score (nSPS) is 11.9. The number of Topliss-reactive ketones (excluding diaryl/α,β-unsaturated/α-hetero) is 1. The molecule has 1 heterocycles. The number of carbonyl (C=O) groups excluding carboxylic acids is 3. The topological polar surface area (TPSA) is 88.3 Å². The van der Waals surface area contributed by atoms with Crippen LogP contribution in [-0.2, 0) is 16.0 Å². The van der Waals surface area contributed by atoms with Gasteiger partial charge in [-0.3, -0.25) is 9.59 Å². The predicted octanol–water partition coefficient (Wildman–Crippen LogP) is 2.94. The number of ether oxygens (including phenoxy) is 1. The highest BCUT2D eigenvalue weighted by Gasteiger charge is 2.24. The minimum absolute atomic E-state index is 0.0106. The van der Waals surface area contributed by atoms with E-state index in [2.05, 4.69) is 17.2 Å². The van der Waals surface area contributed by atoms with Gasteiger partial charge < -0.3 is 15.0 Å². The van der Waals surface area contributed by atoms with Gasteiger partial charge in [-0.05, 0) is 25.8 Å². The molecule has 1 aromatic heterocycles. The van der Waals surface area contributed by atoms with Gasteiger partial charge in [-0.25, -0.2) is 4.79 Å². The van der Waals surface area contributed by atoms with Gasteiger partial charge >= 0.3 is 5.97 Å². The van der Waals surface area contributed by atoms with Crippen LogP contribution in [0.2, 0.25) is 0 Å². The molecule has 0 saturated heterocycles. The van der Waals surface area contributed by atoms with E-state index in [4.69, 9.17) is 4.74 Å². The number of esters is 1. The van der Waals surface area contributed by atoms with Crippen molar-refractivity contribution >= 4 is 17.7 Å². The number of hydrogen-bond donors (Lipinski definition) is 2. The first kappa shape index (κ1) is 19.9. The van der Waals surface area contributed by atoms with Crippen molar-refractivity contribution < 1.29 is 19.1 Å². The van der Waals surface area contributed by atoms with E-state index in [0.29, 0.717) is 17.0 Å². The Morgan fingerprint density at radius 1 is 1.25 bits per heavy atom. The number of rotatable bonds is 9. The molecule has 0 aliphatic heterocycles. The summed E-state index contributed by atoms with van der Waals surface area (Å²) in [5.41, 5.74) is 1.56. The fourth-order valence-electron chi connectivity index (χ4n) is 2.78. The Labute approximate surface area is 143 Å². The number of methoxy groups -OCH3 is 1. The molecule has 0 aliphatic rings. The highest BCUT2D eigenvalue weighted by molar-refractivity contribution is 6.01. The van der Waals surface area contributed by atoms with Crippen LogP contribution in [0.3, 0.4) is 0 Å². The number of hydrogen-bond acceptors (Lipinski definition) is 4. The van der Waals surface area contributed by atoms with Crippen molar-refractivity contribution in [2.24, 2.45) is 0 Å². The number of ketones is 1. The van der Waals surface area contributed by atoms with Crippen molar-refractivity contribution in [3.63, 3.8) is 0 Å². The summed E-state index contributed by atoms with van der Waals surface area (Å²) < 4.78 is 4.78. The molecule has 1 amide bonds. The first-order valence-corrected chi connectivity index (χ1v) is 8.41. The van der Waals surface area contributed by atoms with Gasteiger partial charge in [0.05, 0.1) is 24.8 Å². The lowest BCUT2D eigenvalue weighted by Gasteiger charge is -2.13. The monoisotopic (exact) mass is 336 g/mol. The van der Waals surface area contributed by atoms with Gasteiger partial charge in [0.25, 0.3) is 0 Å². The van der Waals surface area contributed by atoms with Crippen molar-refractivity contribution in [3.8, 4) is 0 Å². The lowest BCUT2D eigenvalue weighted by molar-refractivity contribution is -0.121. The van der Waals surface area contributed by atoms with Crippen LogP contribution in [-0.4, -0.2) is 35.8 Å². The zero-order chi connectivity index (χ0) is 18.3. The number of H-pyrrole nitrogens is 1. The van der Waals surface area contributed by atoms with Gasteiger partial charge in [-0.2, -0.15) is 0 Å². The van der Waals surface area contributed by atoms with Gasteiger partial charge in [0.15, 0.2) is 5.78 Å². The molecule has 1 rings (SSSR count). The molecule has 24 heavy (non-hydrogen) atoms. The summed E-state index contributed by atoms with van der Waals surface area (Å²) in [5.74, 6) is -0.909. The molecule has 6 nitrogen and oxygen atoms in total. The van der Waals surface area contributed by atoms with E-state index in [1.165, 1.54) is 14.0 Å². The van der Waals surface area contributed by atoms with Gasteiger partial charge in [0, 0.05) is 18.7 Å². The molecule has 0 aliphatic carbocycles. The summed E-state index contributed by atoms with van der Waals surface area (Å²) >= 11 is 0. The molecule has 1 aromatic rings. The van der Waals surface area contributed by atoms with Crippen molar-refractivity contribution in [1.29, 1.82) is 0 Å². The highest BCUT2D eigenvalue weighted by atomic mass is 16.5. The zero-order valence-electron chi connectivity index (χ0n) is 15.2. The summed E-state index contributed by atoms with van der Waals surface area (Å²) in [6.45, 7) is 7.20. The number of amides is 1. The average Bonchev–Trinajstić information content (AvgIpc) is 2.83. The third kappa shape index (κ3) is 5.22. The molecule has 0 aromatic carbocycles. The summed E-state index contributed by atoms with van der Waals surface area (Å²) in [4.78, 5) is 38.8. The molecule has 0 spiro atoms. The van der Waals surface area contributed by atoms with Crippen LogP contribution >= 0.6 is 0 Å². The van der Waals surface area contributed by atoms with Gasteiger partial charge in [-0.15, -0.1) is 0 Å². The predicted molar refractivity (Wildman–Crippen MR) is 92.3 cm³/mol. The first-order chi connectivity index (χ1) is 11.3. The molecule has 2 N–H and O–H groups in total. The quantitative estimate of drug-likeness (QED) is 0.412. The second-order valence-corrected chi connectivity index (χ2v) is 6.17.